The van der Waals surface area contributed by atoms with Gasteiger partial charge in [-0.15, -0.1) is 0 Å². The maximum atomic E-state index is 13.2. The molecule has 3 rings (SSSR count). The van der Waals surface area contributed by atoms with Crippen molar-refractivity contribution in [3.63, 3.8) is 0 Å². The van der Waals surface area contributed by atoms with Crippen molar-refractivity contribution in [2.24, 2.45) is 17.3 Å². The Bertz CT molecular complexity index is 675. The van der Waals surface area contributed by atoms with Crippen LogP contribution in [-0.4, -0.2) is 11.7 Å². The van der Waals surface area contributed by atoms with Gasteiger partial charge in [0, 0.05) is 16.8 Å². The highest BCUT2D eigenvalue weighted by Crippen LogP contribution is 2.68. The van der Waals surface area contributed by atoms with Crippen LogP contribution in [-0.2, 0) is 4.79 Å². The molecule has 1 aromatic rings. The number of Topliss-reactive ketones (excluding diaryl/α,β-unsaturated/α-hetero) is 1. The molecular weight excluding hydrogens is 269 g/mol. The summed E-state index contributed by atoms with van der Waals surface area (Å²) in [7, 11) is 0. The zero-order chi connectivity index (χ0) is 15.4. The molecule has 1 saturated carbocycles. The van der Waals surface area contributed by atoms with E-state index in [0.717, 1.165) is 5.57 Å². The Morgan fingerprint density at radius 3 is 2.67 bits per heavy atom. The van der Waals surface area contributed by atoms with Gasteiger partial charge in [0.05, 0.1) is 0 Å². The van der Waals surface area contributed by atoms with Crippen molar-refractivity contribution in [3.05, 3.63) is 46.9 Å². The first-order valence-electron chi connectivity index (χ1n) is 7.13. The van der Waals surface area contributed by atoms with Crippen LogP contribution >= 0.6 is 0 Å². The number of fused-ring (bicyclic) bond motifs is 1. The van der Waals surface area contributed by atoms with Crippen LogP contribution in [0.25, 0.3) is 0 Å². The molecule has 110 valence electrons. The Hall–Kier alpha value is -1.97. The number of allylic oxidation sites excluding steroid dienone is 2. The average Bonchev–Trinajstić information content (AvgIpc) is 2.78. The van der Waals surface area contributed by atoms with Crippen LogP contribution in [0.2, 0.25) is 0 Å². The number of carbonyl (C=O) groups excluding carboxylic acids is 2. The normalized spacial score (nSPS) is 25.5. The van der Waals surface area contributed by atoms with Crippen LogP contribution in [0.4, 0.5) is 4.39 Å². The molecule has 1 fully saturated rings. The maximum Gasteiger partial charge on any atom is 0.255 e. The lowest BCUT2D eigenvalue weighted by molar-refractivity contribution is -0.114. The Morgan fingerprint density at radius 1 is 1.33 bits per heavy atom. The smallest absolute Gasteiger partial charge is 0.255 e. The molecule has 1 amide bonds. The van der Waals surface area contributed by atoms with Gasteiger partial charge in [0.1, 0.15) is 5.82 Å². The molecule has 1 N–H and O–H groups in total. The molecule has 0 unspecified atom stereocenters. The third kappa shape index (κ3) is 2.19. The van der Waals surface area contributed by atoms with Crippen molar-refractivity contribution in [2.45, 2.75) is 27.2 Å². The summed E-state index contributed by atoms with van der Waals surface area (Å²) >= 11 is 0. The van der Waals surface area contributed by atoms with Gasteiger partial charge in [-0.05, 0) is 48.8 Å². The summed E-state index contributed by atoms with van der Waals surface area (Å²) in [5.74, 6) is -0.110. The standard InChI is InChI=1S/C17H18FNO2/c1-9(20)14-13(8-12-15(14)17(12,2)3)19-16(21)10-5-4-6-11(18)7-10/h4-7,12,15H,8H2,1-3H3,(H,19,21)/t12-,15-/m1/s1. The molecule has 2 aliphatic rings. The van der Waals surface area contributed by atoms with E-state index in [1.807, 2.05) is 0 Å². The van der Waals surface area contributed by atoms with E-state index in [-0.39, 0.29) is 28.6 Å². The highest BCUT2D eigenvalue weighted by molar-refractivity contribution is 6.00. The summed E-state index contributed by atoms with van der Waals surface area (Å²) in [6, 6.07) is 5.55. The van der Waals surface area contributed by atoms with Gasteiger partial charge < -0.3 is 5.32 Å². The van der Waals surface area contributed by atoms with E-state index in [1.54, 1.807) is 13.0 Å². The fourth-order valence-electron chi connectivity index (χ4n) is 3.60. The zero-order valence-corrected chi connectivity index (χ0v) is 12.4. The molecule has 21 heavy (non-hydrogen) atoms. The van der Waals surface area contributed by atoms with Crippen LogP contribution in [0, 0.1) is 23.1 Å². The predicted octanol–water partition coefficient (Wildman–Crippen LogP) is 3.07. The second kappa shape index (κ2) is 4.52. The summed E-state index contributed by atoms with van der Waals surface area (Å²) in [5, 5.41) is 2.81. The fraction of sp³-hybridized carbons (Fsp3) is 0.412. The van der Waals surface area contributed by atoms with E-state index in [0.29, 0.717) is 18.0 Å². The maximum absolute atomic E-state index is 13.2. The molecule has 0 aliphatic heterocycles. The van der Waals surface area contributed by atoms with Crippen LogP contribution in [0.3, 0.4) is 0 Å². The van der Waals surface area contributed by atoms with Crippen molar-refractivity contribution >= 4 is 11.7 Å². The van der Waals surface area contributed by atoms with Gasteiger partial charge in [-0.3, -0.25) is 9.59 Å². The summed E-state index contributed by atoms with van der Waals surface area (Å²) in [6.45, 7) is 5.84. The van der Waals surface area contributed by atoms with Crippen LogP contribution < -0.4 is 5.32 Å². The molecule has 4 heteroatoms. The molecule has 2 atom stereocenters. The number of hydrogen-bond donors (Lipinski definition) is 1. The average molecular weight is 287 g/mol. The van der Waals surface area contributed by atoms with Gasteiger partial charge in [-0.2, -0.15) is 0 Å². The Labute approximate surface area is 123 Å². The molecule has 2 aliphatic carbocycles. The number of amides is 1. The second-order valence-corrected chi connectivity index (χ2v) is 6.52. The van der Waals surface area contributed by atoms with E-state index < -0.39 is 5.82 Å². The topological polar surface area (TPSA) is 46.2 Å². The van der Waals surface area contributed by atoms with Gasteiger partial charge in [0.2, 0.25) is 0 Å². The highest BCUT2D eigenvalue weighted by atomic mass is 19.1. The Morgan fingerprint density at radius 2 is 2.05 bits per heavy atom. The largest absolute Gasteiger partial charge is 0.325 e. The van der Waals surface area contributed by atoms with Gasteiger partial charge in [0.15, 0.2) is 5.78 Å². The summed E-state index contributed by atoms with van der Waals surface area (Å²) in [5.41, 5.74) is 1.87. The van der Waals surface area contributed by atoms with Crippen molar-refractivity contribution in [1.82, 2.24) is 5.32 Å². The van der Waals surface area contributed by atoms with Crippen LogP contribution in [0.5, 0.6) is 0 Å². The number of carbonyl (C=O) groups is 2. The number of ketones is 1. The molecule has 0 heterocycles. The minimum atomic E-state index is -0.446. The second-order valence-electron chi connectivity index (χ2n) is 6.52. The summed E-state index contributed by atoms with van der Waals surface area (Å²) in [4.78, 5) is 24.1. The lowest BCUT2D eigenvalue weighted by atomic mass is 9.96. The number of rotatable bonds is 3. The monoisotopic (exact) mass is 287 g/mol. The molecule has 0 radical (unpaired) electrons. The first-order chi connectivity index (χ1) is 9.82. The zero-order valence-electron chi connectivity index (χ0n) is 12.4. The van der Waals surface area contributed by atoms with Gasteiger partial charge >= 0.3 is 0 Å². The van der Waals surface area contributed by atoms with Crippen molar-refractivity contribution in [2.75, 3.05) is 0 Å². The van der Waals surface area contributed by atoms with Gasteiger partial charge in [-0.25, -0.2) is 4.39 Å². The van der Waals surface area contributed by atoms with Crippen molar-refractivity contribution in [3.8, 4) is 0 Å². The number of hydrogen-bond acceptors (Lipinski definition) is 2. The lowest BCUT2D eigenvalue weighted by Crippen LogP contribution is -2.25. The first-order valence-corrected chi connectivity index (χ1v) is 7.13. The molecular formula is C17H18FNO2. The first kappa shape index (κ1) is 14.0. The molecule has 0 aromatic heterocycles. The Balaban J connectivity index is 1.84. The van der Waals surface area contributed by atoms with E-state index in [9.17, 15) is 14.0 Å². The van der Waals surface area contributed by atoms with Crippen LogP contribution in [0.1, 0.15) is 37.6 Å². The van der Waals surface area contributed by atoms with E-state index in [2.05, 4.69) is 19.2 Å². The molecule has 0 saturated heterocycles. The van der Waals surface area contributed by atoms with E-state index >= 15 is 0 Å². The minimum Gasteiger partial charge on any atom is -0.325 e. The lowest BCUT2D eigenvalue weighted by Gasteiger charge is -2.15. The van der Waals surface area contributed by atoms with Crippen molar-refractivity contribution in [1.29, 1.82) is 0 Å². The van der Waals surface area contributed by atoms with Crippen molar-refractivity contribution < 1.29 is 14.0 Å². The number of halogens is 1. The highest BCUT2D eigenvalue weighted by Gasteiger charge is 2.64. The Kier molecular flexibility index (Phi) is 3.01. The quantitative estimate of drug-likeness (QED) is 0.928. The fourth-order valence-corrected chi connectivity index (χ4v) is 3.60. The van der Waals surface area contributed by atoms with E-state index in [1.165, 1.54) is 18.2 Å². The molecule has 3 nitrogen and oxygen atoms in total. The minimum absolute atomic E-state index is 0.0163. The molecule has 1 aromatic carbocycles. The third-order valence-electron chi connectivity index (χ3n) is 4.84. The van der Waals surface area contributed by atoms with E-state index in [4.69, 9.17) is 0 Å². The number of benzene rings is 1. The number of nitrogens with one attached hydrogen (secondary N) is 1. The molecule has 0 bridgehead atoms. The van der Waals surface area contributed by atoms with Crippen LogP contribution in [0.15, 0.2) is 35.5 Å². The van der Waals surface area contributed by atoms with Gasteiger partial charge in [-0.1, -0.05) is 19.9 Å². The molecule has 0 spiro atoms. The van der Waals surface area contributed by atoms with Gasteiger partial charge in [0.25, 0.3) is 5.91 Å². The predicted molar refractivity (Wildman–Crippen MR) is 77.0 cm³/mol. The third-order valence-corrected chi connectivity index (χ3v) is 4.84. The SMILES string of the molecule is CC(=O)C1=C(NC(=O)c2cccc(F)c2)C[C@@H]2[C@H]1C2(C)C. The summed E-state index contributed by atoms with van der Waals surface area (Å²) < 4.78 is 13.2. The summed E-state index contributed by atoms with van der Waals surface area (Å²) in [6.07, 6.45) is 0.716.